The summed E-state index contributed by atoms with van der Waals surface area (Å²) in [7, 11) is 0. The lowest BCUT2D eigenvalue weighted by molar-refractivity contribution is -0.120. The van der Waals surface area contributed by atoms with Gasteiger partial charge in [-0.2, -0.15) is 0 Å². The van der Waals surface area contributed by atoms with Crippen molar-refractivity contribution in [2.45, 2.75) is 25.2 Å². The predicted molar refractivity (Wildman–Crippen MR) is 59.8 cm³/mol. The van der Waals surface area contributed by atoms with Crippen LogP contribution in [0.2, 0.25) is 0 Å². The van der Waals surface area contributed by atoms with Crippen molar-refractivity contribution in [2.24, 2.45) is 0 Å². The molecule has 84 valence electrons. The van der Waals surface area contributed by atoms with E-state index in [4.69, 9.17) is 9.47 Å². The second kappa shape index (κ2) is 7.62. The molecule has 1 rings (SSSR count). The third-order valence-electron chi connectivity index (χ3n) is 1.63. The van der Waals surface area contributed by atoms with Gasteiger partial charge in [0.2, 0.25) is 0 Å². The lowest BCUT2D eigenvalue weighted by Gasteiger charge is -2.15. The Hall–Kier alpha value is -0.650. The second-order valence-corrected chi connectivity index (χ2v) is 3.74. The molecule has 0 aliphatic heterocycles. The first-order valence-corrected chi connectivity index (χ1v) is 5.97. The van der Waals surface area contributed by atoms with Gasteiger partial charge in [0, 0.05) is 19.4 Å². The quantitative estimate of drug-likeness (QED) is 0.405. The largest absolute Gasteiger partial charge is 0.352 e. The van der Waals surface area contributed by atoms with Gasteiger partial charge in [0.05, 0.1) is 10.8 Å². The average Bonchev–Trinajstić information content (AvgIpc) is 2.28. The van der Waals surface area contributed by atoms with Crippen molar-refractivity contribution in [2.75, 3.05) is 19.0 Å². The van der Waals surface area contributed by atoms with E-state index in [2.05, 4.69) is 9.97 Å². The van der Waals surface area contributed by atoms with Gasteiger partial charge in [0.15, 0.2) is 6.29 Å². The van der Waals surface area contributed by atoms with E-state index in [1.54, 1.807) is 24.3 Å². The number of aromatic nitrogens is 2. The zero-order valence-electron chi connectivity index (χ0n) is 9.05. The molecule has 15 heavy (non-hydrogen) atoms. The Morgan fingerprint density at radius 2 is 2.07 bits per heavy atom. The lowest BCUT2D eigenvalue weighted by atomic mass is 10.7. The first kappa shape index (κ1) is 12.4. The van der Waals surface area contributed by atoms with Crippen LogP contribution >= 0.6 is 11.8 Å². The topological polar surface area (TPSA) is 44.2 Å². The minimum atomic E-state index is -0.153. The van der Waals surface area contributed by atoms with Crippen LogP contribution in [0.1, 0.15) is 13.8 Å². The lowest BCUT2D eigenvalue weighted by Crippen LogP contribution is -2.20. The Labute approximate surface area is 94.4 Å². The van der Waals surface area contributed by atoms with Gasteiger partial charge < -0.3 is 9.47 Å². The molecule has 0 saturated carbocycles. The molecule has 0 saturated heterocycles. The van der Waals surface area contributed by atoms with Crippen molar-refractivity contribution in [3.05, 3.63) is 18.6 Å². The highest BCUT2D eigenvalue weighted by atomic mass is 32.2. The minimum Gasteiger partial charge on any atom is -0.352 e. The summed E-state index contributed by atoms with van der Waals surface area (Å²) in [4.78, 5) is 7.97. The molecule has 0 bridgehead atoms. The Morgan fingerprint density at radius 3 is 2.60 bits per heavy atom. The highest BCUT2D eigenvalue weighted by molar-refractivity contribution is 7.99. The van der Waals surface area contributed by atoms with E-state index in [0.717, 1.165) is 10.8 Å². The van der Waals surface area contributed by atoms with E-state index < -0.39 is 0 Å². The fourth-order valence-corrected chi connectivity index (χ4v) is 1.81. The normalized spacial score (nSPS) is 10.9. The van der Waals surface area contributed by atoms with Crippen molar-refractivity contribution < 1.29 is 9.47 Å². The van der Waals surface area contributed by atoms with Crippen LogP contribution in [0.15, 0.2) is 23.6 Å². The van der Waals surface area contributed by atoms with E-state index in [-0.39, 0.29) is 6.29 Å². The van der Waals surface area contributed by atoms with Crippen molar-refractivity contribution in [1.82, 2.24) is 9.97 Å². The maximum atomic E-state index is 5.42. The number of hydrogen-bond donors (Lipinski definition) is 0. The van der Waals surface area contributed by atoms with Gasteiger partial charge in [-0.3, -0.25) is 0 Å². The Kier molecular flexibility index (Phi) is 6.31. The zero-order chi connectivity index (χ0) is 10.9. The minimum absolute atomic E-state index is 0.153. The third kappa shape index (κ3) is 5.11. The van der Waals surface area contributed by atoms with Crippen molar-refractivity contribution in [3.8, 4) is 0 Å². The third-order valence-corrected chi connectivity index (χ3v) is 2.60. The summed E-state index contributed by atoms with van der Waals surface area (Å²) < 4.78 is 10.8. The molecule has 1 aromatic heterocycles. The first-order valence-electron chi connectivity index (χ1n) is 4.98. The molecule has 0 aliphatic rings. The summed E-state index contributed by atoms with van der Waals surface area (Å²) in [5.41, 5.74) is 0. The molecule has 0 fully saturated rings. The second-order valence-electron chi connectivity index (χ2n) is 2.70. The maximum Gasteiger partial charge on any atom is 0.166 e. The van der Waals surface area contributed by atoms with E-state index in [0.29, 0.717) is 13.2 Å². The average molecular weight is 228 g/mol. The van der Waals surface area contributed by atoms with Crippen LogP contribution in [0, 0.1) is 0 Å². The highest BCUT2D eigenvalue weighted by Crippen LogP contribution is 2.16. The molecule has 0 spiro atoms. The molecular weight excluding hydrogens is 212 g/mol. The van der Waals surface area contributed by atoms with Crippen LogP contribution in [0.25, 0.3) is 0 Å². The van der Waals surface area contributed by atoms with Crippen LogP contribution in [-0.4, -0.2) is 35.2 Å². The van der Waals surface area contributed by atoms with Gasteiger partial charge >= 0.3 is 0 Å². The number of nitrogens with zero attached hydrogens (tertiary/aromatic N) is 2. The summed E-state index contributed by atoms with van der Waals surface area (Å²) in [6, 6.07) is 1.87. The van der Waals surface area contributed by atoms with Crippen LogP contribution in [0.4, 0.5) is 0 Å². The number of ether oxygens (including phenoxy) is 2. The van der Waals surface area contributed by atoms with Crippen LogP contribution in [-0.2, 0) is 9.47 Å². The number of hydrogen-bond acceptors (Lipinski definition) is 5. The first-order chi connectivity index (χ1) is 7.36. The predicted octanol–water partition coefficient (Wildman–Crippen LogP) is 1.97. The molecule has 0 unspecified atom stereocenters. The molecule has 1 aromatic rings. The van der Waals surface area contributed by atoms with Crippen molar-refractivity contribution in [3.63, 3.8) is 0 Å². The maximum absolute atomic E-state index is 5.42. The summed E-state index contributed by atoms with van der Waals surface area (Å²) in [6.45, 7) is 5.24. The highest BCUT2D eigenvalue weighted by Gasteiger charge is 2.08. The van der Waals surface area contributed by atoms with Crippen LogP contribution in [0.5, 0.6) is 0 Å². The van der Waals surface area contributed by atoms with E-state index in [1.807, 2.05) is 19.9 Å². The van der Waals surface area contributed by atoms with Gasteiger partial charge in [-0.25, -0.2) is 9.97 Å². The molecule has 0 amide bonds. The summed E-state index contributed by atoms with van der Waals surface area (Å²) in [6.07, 6.45) is 3.12. The SMILES string of the molecule is CCOC(CSc1ccncn1)OCC. The molecule has 0 aromatic carbocycles. The fraction of sp³-hybridized carbons (Fsp3) is 0.600. The molecule has 0 atom stereocenters. The molecule has 0 aliphatic carbocycles. The molecular formula is C10H16N2O2S. The smallest absolute Gasteiger partial charge is 0.166 e. The number of rotatable bonds is 7. The molecule has 1 heterocycles. The van der Waals surface area contributed by atoms with Gasteiger partial charge in [0.1, 0.15) is 6.33 Å². The Bertz CT molecular complexity index is 253. The van der Waals surface area contributed by atoms with E-state index >= 15 is 0 Å². The molecule has 5 heteroatoms. The standard InChI is InChI=1S/C10H16N2O2S/c1-3-13-10(14-4-2)7-15-9-5-6-11-8-12-9/h5-6,8,10H,3-4,7H2,1-2H3. The van der Waals surface area contributed by atoms with Crippen LogP contribution in [0.3, 0.4) is 0 Å². The van der Waals surface area contributed by atoms with Gasteiger partial charge in [-0.15, -0.1) is 11.8 Å². The number of thioether (sulfide) groups is 1. The molecule has 0 radical (unpaired) electrons. The zero-order valence-corrected chi connectivity index (χ0v) is 9.87. The monoisotopic (exact) mass is 228 g/mol. The van der Waals surface area contributed by atoms with Gasteiger partial charge in [-0.05, 0) is 19.9 Å². The van der Waals surface area contributed by atoms with Crippen molar-refractivity contribution >= 4 is 11.8 Å². The van der Waals surface area contributed by atoms with E-state index in [1.165, 1.54) is 0 Å². The van der Waals surface area contributed by atoms with Crippen molar-refractivity contribution in [1.29, 1.82) is 0 Å². The van der Waals surface area contributed by atoms with Gasteiger partial charge in [0.25, 0.3) is 0 Å². The Morgan fingerprint density at radius 1 is 1.33 bits per heavy atom. The van der Waals surface area contributed by atoms with Crippen LogP contribution < -0.4 is 0 Å². The molecule has 4 nitrogen and oxygen atoms in total. The van der Waals surface area contributed by atoms with E-state index in [9.17, 15) is 0 Å². The Balaban J connectivity index is 2.33. The van der Waals surface area contributed by atoms with Gasteiger partial charge in [-0.1, -0.05) is 0 Å². The summed E-state index contributed by atoms with van der Waals surface area (Å²) >= 11 is 1.61. The molecule has 0 N–H and O–H groups in total. The summed E-state index contributed by atoms with van der Waals surface area (Å²) in [5, 5.41) is 0.939. The summed E-state index contributed by atoms with van der Waals surface area (Å²) in [5.74, 6) is 0.749. The fourth-order valence-electron chi connectivity index (χ4n) is 1.03.